The number of carbonyl (C=O) groups is 3. The van der Waals surface area contributed by atoms with E-state index in [1.165, 1.54) is 11.8 Å². The van der Waals surface area contributed by atoms with Crippen LogP contribution in [0.15, 0.2) is 60.7 Å². The number of carbonyl (C=O) groups excluding carboxylic acids is 3. The number of hydrogen-bond acceptors (Lipinski definition) is 7. The Kier molecular flexibility index (Phi) is 13.8. The van der Waals surface area contributed by atoms with Gasteiger partial charge in [0, 0.05) is 25.5 Å². The van der Waals surface area contributed by atoms with Crippen LogP contribution in [0.4, 0.5) is 4.79 Å². The van der Waals surface area contributed by atoms with Gasteiger partial charge < -0.3 is 24.7 Å². The van der Waals surface area contributed by atoms with Gasteiger partial charge in [0.1, 0.15) is 17.2 Å². The molecule has 3 rings (SSSR count). The lowest BCUT2D eigenvalue weighted by molar-refractivity contribution is -0.160. The molecule has 2 aromatic rings. The highest BCUT2D eigenvalue weighted by molar-refractivity contribution is 6.99. The highest BCUT2D eigenvalue weighted by Gasteiger charge is 2.54. The zero-order valence-corrected chi connectivity index (χ0v) is 31.3. The molecule has 262 valence electrons. The van der Waals surface area contributed by atoms with Gasteiger partial charge in [-0.3, -0.25) is 9.69 Å². The van der Waals surface area contributed by atoms with Gasteiger partial charge >= 0.3 is 12.1 Å². The summed E-state index contributed by atoms with van der Waals surface area (Å²) in [6, 6.07) is 19.5. The number of aliphatic hydroxyl groups is 1. The molecule has 10 heteroatoms. The van der Waals surface area contributed by atoms with Gasteiger partial charge in [-0.05, 0) is 76.2 Å². The van der Waals surface area contributed by atoms with Gasteiger partial charge in [-0.1, -0.05) is 88.4 Å². The zero-order valence-electron chi connectivity index (χ0n) is 30.3. The summed E-state index contributed by atoms with van der Waals surface area (Å²) in [7, 11) is -2.88. The quantitative estimate of drug-likeness (QED) is 0.264. The van der Waals surface area contributed by atoms with Crippen molar-refractivity contribution in [2.45, 2.75) is 130 Å². The summed E-state index contributed by atoms with van der Waals surface area (Å²) < 4.78 is 18.9. The van der Waals surface area contributed by atoms with Gasteiger partial charge in [-0.25, -0.2) is 9.59 Å². The van der Waals surface area contributed by atoms with Gasteiger partial charge in [-0.2, -0.15) is 0 Å². The Morgan fingerprint density at radius 2 is 1.32 bits per heavy atom. The van der Waals surface area contributed by atoms with Crippen molar-refractivity contribution in [3.8, 4) is 0 Å². The second-order valence-electron chi connectivity index (χ2n) is 15.4. The van der Waals surface area contributed by atoms with E-state index in [2.05, 4.69) is 50.8 Å². The van der Waals surface area contributed by atoms with Gasteiger partial charge in [-0.15, -0.1) is 0 Å². The summed E-state index contributed by atoms with van der Waals surface area (Å²) in [5.74, 6) is -1.03. The lowest BCUT2D eigenvalue weighted by atomic mass is 9.94. The predicted octanol–water partition coefficient (Wildman–Crippen LogP) is 5.55. The van der Waals surface area contributed by atoms with E-state index in [1.807, 2.05) is 84.9 Å². The molecule has 1 heterocycles. The normalized spacial score (nSPS) is 19.3. The fourth-order valence-corrected chi connectivity index (χ4v) is 10.7. The van der Waals surface area contributed by atoms with Crippen LogP contribution >= 0.6 is 0 Å². The molecule has 0 spiro atoms. The molecule has 1 fully saturated rings. The summed E-state index contributed by atoms with van der Waals surface area (Å²) in [6.45, 7) is 21.1. The maximum absolute atomic E-state index is 13.8. The molecule has 9 nitrogen and oxygen atoms in total. The third kappa shape index (κ3) is 11.2. The van der Waals surface area contributed by atoms with E-state index in [4.69, 9.17) is 13.9 Å². The molecule has 0 radical (unpaired) electrons. The first-order valence-corrected chi connectivity index (χ1v) is 18.5. The molecule has 47 heavy (non-hydrogen) atoms. The number of nitrogens with zero attached hydrogens (tertiary/aromatic N) is 1. The van der Waals surface area contributed by atoms with Crippen LogP contribution in [-0.2, 0) is 23.5 Å². The second-order valence-corrected chi connectivity index (χ2v) is 19.7. The van der Waals surface area contributed by atoms with Crippen molar-refractivity contribution in [1.82, 2.24) is 4.90 Å². The molecule has 3 N–H and O–H groups in total. The molecule has 1 saturated heterocycles. The smallest absolute Gasteiger partial charge is 0.411 e. The third-order valence-electron chi connectivity index (χ3n) is 7.96. The minimum atomic E-state index is -2.88. The van der Waals surface area contributed by atoms with Crippen LogP contribution in [0.1, 0.15) is 95.4 Å². The number of amides is 2. The predicted molar refractivity (Wildman–Crippen MR) is 189 cm³/mol. The van der Waals surface area contributed by atoms with Crippen molar-refractivity contribution < 1.29 is 33.4 Å². The van der Waals surface area contributed by atoms with Crippen LogP contribution in [0.2, 0.25) is 5.04 Å². The third-order valence-corrected chi connectivity index (χ3v) is 13.0. The SMILES string of the molecule is CC(N)=O.CCC(O)C[C@@H]1[C@H](CO[Si](c2ccccc2)(c2ccccc2)C(C)(C)C)C[C@H](C(=O)OC(C)(C)C)N1C(=O)OC(C)(C)C. The van der Waals surface area contributed by atoms with Crippen LogP contribution in [0.3, 0.4) is 0 Å². The highest BCUT2D eigenvalue weighted by Crippen LogP contribution is 2.40. The molecule has 2 amide bonds. The zero-order chi connectivity index (χ0) is 35.8. The molecule has 2 aromatic carbocycles. The molecule has 4 atom stereocenters. The van der Waals surface area contributed by atoms with Crippen molar-refractivity contribution in [1.29, 1.82) is 0 Å². The molecule has 0 aliphatic carbocycles. The standard InChI is InChI=1S/C35H53NO6Si.C2H5NO/c1-11-26(37)23-29-25(22-30(31(38)41-33(2,3)4)36(29)32(39)42-34(5,6)7)24-40-43(35(8,9)10,27-18-14-12-15-19-27)28-20-16-13-17-21-28;1-2(3)4/h12-21,25-26,29-30,37H,11,22-24H2,1-10H3;1H3,(H2,3,4)/t25-,26?,29+,30+;/m0./s1. The van der Waals surface area contributed by atoms with Crippen molar-refractivity contribution in [2.24, 2.45) is 11.7 Å². The number of esters is 1. The average Bonchev–Trinajstić information content (AvgIpc) is 3.30. The number of nitrogens with two attached hydrogens (primary N) is 1. The first-order chi connectivity index (χ1) is 21.6. The molecular weight excluding hydrogens is 613 g/mol. The van der Waals surface area contributed by atoms with Crippen LogP contribution in [0.25, 0.3) is 0 Å². The lowest BCUT2D eigenvalue weighted by Crippen LogP contribution is -2.67. The average molecular weight is 671 g/mol. The van der Waals surface area contributed by atoms with Crippen LogP contribution < -0.4 is 16.1 Å². The van der Waals surface area contributed by atoms with E-state index in [-0.39, 0.29) is 16.9 Å². The topological polar surface area (TPSA) is 128 Å². The highest BCUT2D eigenvalue weighted by atomic mass is 28.4. The number of primary amides is 1. The summed E-state index contributed by atoms with van der Waals surface area (Å²) in [4.78, 5) is 38.1. The fourth-order valence-electron chi connectivity index (χ4n) is 6.10. The monoisotopic (exact) mass is 670 g/mol. The minimum Gasteiger partial charge on any atom is -0.458 e. The summed E-state index contributed by atoms with van der Waals surface area (Å²) in [5, 5.41) is 12.9. The molecular formula is C37H58N2O7Si. The second kappa shape index (κ2) is 16.3. The summed E-state index contributed by atoms with van der Waals surface area (Å²) in [5.41, 5.74) is 2.99. The Morgan fingerprint density at radius 3 is 1.70 bits per heavy atom. The Labute approximate surface area is 283 Å². The van der Waals surface area contributed by atoms with Gasteiger partial charge in [0.2, 0.25) is 5.91 Å². The summed E-state index contributed by atoms with van der Waals surface area (Å²) in [6.07, 6.45) is -0.0395. The maximum atomic E-state index is 13.8. The van der Waals surface area contributed by atoms with E-state index in [0.29, 0.717) is 25.9 Å². The largest absolute Gasteiger partial charge is 0.458 e. The number of benzene rings is 2. The Morgan fingerprint density at radius 1 is 0.872 bits per heavy atom. The number of hydrogen-bond donors (Lipinski definition) is 2. The molecule has 1 aliphatic heterocycles. The van der Waals surface area contributed by atoms with Gasteiger partial charge in [0.25, 0.3) is 8.32 Å². The minimum absolute atomic E-state index is 0.229. The fraction of sp³-hybridized carbons (Fsp3) is 0.595. The Bertz CT molecular complexity index is 1260. The van der Waals surface area contributed by atoms with E-state index in [0.717, 1.165) is 10.4 Å². The Hall–Kier alpha value is -3.21. The maximum Gasteiger partial charge on any atom is 0.411 e. The van der Waals surface area contributed by atoms with Crippen LogP contribution in [0, 0.1) is 5.92 Å². The number of aliphatic hydroxyl groups excluding tert-OH is 1. The Balaban J connectivity index is 0.00000181. The van der Waals surface area contributed by atoms with Gasteiger partial charge in [0.05, 0.1) is 6.10 Å². The van der Waals surface area contributed by atoms with Gasteiger partial charge in [0.15, 0.2) is 0 Å². The van der Waals surface area contributed by atoms with Crippen LogP contribution in [-0.4, -0.2) is 72.3 Å². The van der Waals surface area contributed by atoms with E-state index < -0.39 is 49.8 Å². The molecule has 1 aliphatic rings. The first kappa shape index (κ1) is 40.0. The number of rotatable bonds is 9. The first-order valence-electron chi connectivity index (χ1n) is 16.6. The van der Waals surface area contributed by atoms with E-state index in [9.17, 15) is 19.5 Å². The number of ether oxygens (including phenoxy) is 2. The molecule has 0 bridgehead atoms. The van der Waals surface area contributed by atoms with Crippen molar-refractivity contribution in [3.63, 3.8) is 0 Å². The van der Waals surface area contributed by atoms with Crippen molar-refractivity contribution >= 4 is 36.7 Å². The molecule has 0 saturated carbocycles. The van der Waals surface area contributed by atoms with Crippen molar-refractivity contribution in [3.05, 3.63) is 60.7 Å². The van der Waals surface area contributed by atoms with Crippen molar-refractivity contribution in [2.75, 3.05) is 6.61 Å². The lowest BCUT2D eigenvalue weighted by Gasteiger charge is -2.44. The molecule has 1 unspecified atom stereocenters. The van der Waals surface area contributed by atoms with E-state index >= 15 is 0 Å². The summed E-state index contributed by atoms with van der Waals surface area (Å²) >= 11 is 0. The van der Waals surface area contributed by atoms with Crippen LogP contribution in [0.5, 0.6) is 0 Å². The van der Waals surface area contributed by atoms with E-state index in [1.54, 1.807) is 0 Å². The number of likely N-dealkylation sites (tertiary alicyclic amines) is 1. The molecule has 0 aromatic heterocycles.